The van der Waals surface area contributed by atoms with E-state index in [1.165, 1.54) is 0 Å². The van der Waals surface area contributed by atoms with Crippen molar-refractivity contribution in [3.05, 3.63) is 34.7 Å². The lowest BCUT2D eigenvalue weighted by atomic mass is 10.2. The van der Waals surface area contributed by atoms with Crippen molar-refractivity contribution in [3.8, 4) is 18.1 Å². The van der Waals surface area contributed by atoms with Crippen molar-refractivity contribution in [3.63, 3.8) is 0 Å². The Bertz CT molecular complexity index is 641. The lowest BCUT2D eigenvalue weighted by Gasteiger charge is -2.08. The highest BCUT2D eigenvalue weighted by atomic mass is 32.2. The van der Waals surface area contributed by atoms with Gasteiger partial charge in [0.15, 0.2) is 0 Å². The molecule has 1 fully saturated rings. The van der Waals surface area contributed by atoms with Gasteiger partial charge in [-0.05, 0) is 41.5 Å². The van der Waals surface area contributed by atoms with E-state index < -0.39 is 0 Å². The number of hydrogen-bond acceptors (Lipinski definition) is 4. The number of nitrogens with zero attached hydrogens (tertiary/aromatic N) is 1. The molecule has 1 aromatic carbocycles. The molecule has 2 amide bonds. The fourth-order valence-electron chi connectivity index (χ4n) is 1.80. The highest BCUT2D eigenvalue weighted by molar-refractivity contribution is 8.18. The molecule has 1 saturated heterocycles. The Balaban J connectivity index is 2.08. The molecule has 4 nitrogen and oxygen atoms in total. The predicted molar refractivity (Wildman–Crippen MR) is 88.3 cm³/mol. The number of amides is 2. The maximum Gasteiger partial charge on any atom is 0.294 e. The Morgan fingerprint density at radius 3 is 2.59 bits per heavy atom. The number of imide groups is 1. The van der Waals surface area contributed by atoms with E-state index in [0.717, 1.165) is 28.0 Å². The summed E-state index contributed by atoms with van der Waals surface area (Å²) in [4.78, 5) is 25.2. The summed E-state index contributed by atoms with van der Waals surface area (Å²) in [7, 11) is 0. The van der Waals surface area contributed by atoms with Gasteiger partial charge in [-0.2, -0.15) is 0 Å². The minimum atomic E-state index is -0.340. The Kier molecular flexibility index (Phi) is 5.29. The number of rotatable bonds is 5. The normalized spacial score (nSPS) is 16.5. The summed E-state index contributed by atoms with van der Waals surface area (Å²) >= 11 is 0.907. The zero-order valence-corrected chi connectivity index (χ0v) is 13.4. The zero-order chi connectivity index (χ0) is 16.1. The van der Waals surface area contributed by atoms with Crippen LogP contribution in [0.1, 0.15) is 19.4 Å². The van der Waals surface area contributed by atoms with E-state index in [-0.39, 0.29) is 17.7 Å². The molecule has 0 aliphatic carbocycles. The fraction of sp³-hybridized carbons (Fsp3) is 0.294. The highest BCUT2D eigenvalue weighted by Gasteiger charge is 2.34. The van der Waals surface area contributed by atoms with Crippen molar-refractivity contribution in [1.29, 1.82) is 0 Å². The smallest absolute Gasteiger partial charge is 0.294 e. The Labute approximate surface area is 134 Å². The van der Waals surface area contributed by atoms with Gasteiger partial charge in [0.25, 0.3) is 11.1 Å². The molecule has 2 rings (SSSR count). The SMILES string of the molecule is C#CCN1C(=O)S/C(=C\c2ccc(OCC(C)C)cc2)C1=O. The van der Waals surface area contributed by atoms with E-state index in [1.807, 2.05) is 24.3 Å². The van der Waals surface area contributed by atoms with Gasteiger partial charge in [-0.15, -0.1) is 6.42 Å². The van der Waals surface area contributed by atoms with Crippen LogP contribution in [0.5, 0.6) is 5.75 Å². The van der Waals surface area contributed by atoms with E-state index in [9.17, 15) is 9.59 Å². The van der Waals surface area contributed by atoms with Crippen molar-refractivity contribution in [2.45, 2.75) is 13.8 Å². The molecule has 1 aliphatic rings. The van der Waals surface area contributed by atoms with Crippen molar-refractivity contribution in [2.75, 3.05) is 13.2 Å². The number of carbonyl (C=O) groups is 2. The minimum Gasteiger partial charge on any atom is -0.493 e. The van der Waals surface area contributed by atoms with Gasteiger partial charge in [0, 0.05) is 0 Å². The van der Waals surface area contributed by atoms with E-state index in [2.05, 4.69) is 19.8 Å². The quantitative estimate of drug-likeness (QED) is 0.617. The number of carbonyl (C=O) groups excluding carboxylic acids is 2. The number of benzene rings is 1. The molecule has 0 saturated carbocycles. The summed E-state index contributed by atoms with van der Waals surface area (Å²) in [5.41, 5.74) is 0.836. The Morgan fingerprint density at radius 1 is 1.32 bits per heavy atom. The van der Waals surface area contributed by atoms with E-state index in [4.69, 9.17) is 11.2 Å². The second-order valence-corrected chi connectivity index (χ2v) is 6.24. The molecular formula is C17H17NO3S. The third-order valence-electron chi connectivity index (χ3n) is 2.88. The van der Waals surface area contributed by atoms with Crippen LogP contribution in [0.15, 0.2) is 29.2 Å². The summed E-state index contributed by atoms with van der Waals surface area (Å²) < 4.78 is 5.60. The second-order valence-electron chi connectivity index (χ2n) is 5.25. The van der Waals surface area contributed by atoms with E-state index in [1.54, 1.807) is 6.08 Å². The summed E-state index contributed by atoms with van der Waals surface area (Å²) in [5, 5.41) is -0.328. The van der Waals surface area contributed by atoms with Crippen LogP contribution in [0.4, 0.5) is 4.79 Å². The van der Waals surface area contributed by atoms with Gasteiger partial charge in [-0.25, -0.2) is 0 Å². The van der Waals surface area contributed by atoms with Gasteiger partial charge in [-0.3, -0.25) is 14.5 Å². The average molecular weight is 315 g/mol. The van der Waals surface area contributed by atoms with E-state index in [0.29, 0.717) is 17.4 Å². The van der Waals surface area contributed by atoms with Crippen molar-refractivity contribution in [1.82, 2.24) is 4.90 Å². The largest absolute Gasteiger partial charge is 0.493 e. The molecule has 22 heavy (non-hydrogen) atoms. The van der Waals surface area contributed by atoms with Gasteiger partial charge < -0.3 is 4.74 Å². The maximum absolute atomic E-state index is 12.1. The van der Waals surface area contributed by atoms with E-state index >= 15 is 0 Å². The molecule has 0 N–H and O–H groups in total. The molecule has 0 bridgehead atoms. The molecule has 0 spiro atoms. The molecule has 1 aromatic rings. The van der Waals surface area contributed by atoms with Crippen LogP contribution in [0.3, 0.4) is 0 Å². The van der Waals surface area contributed by atoms with Crippen LogP contribution >= 0.6 is 11.8 Å². The molecular weight excluding hydrogens is 298 g/mol. The summed E-state index contributed by atoms with van der Waals surface area (Å²) in [5.74, 6) is 3.22. The van der Waals surface area contributed by atoms with Crippen LogP contribution in [-0.4, -0.2) is 29.2 Å². The first kappa shape index (κ1) is 16.2. The fourth-order valence-corrected chi connectivity index (χ4v) is 2.64. The summed E-state index contributed by atoms with van der Waals surface area (Å²) in [6.45, 7) is 4.83. The van der Waals surface area contributed by atoms with Crippen LogP contribution in [-0.2, 0) is 4.79 Å². The van der Waals surface area contributed by atoms with Gasteiger partial charge in [0.05, 0.1) is 18.1 Å². The topological polar surface area (TPSA) is 46.6 Å². The van der Waals surface area contributed by atoms with Gasteiger partial charge >= 0.3 is 0 Å². The summed E-state index contributed by atoms with van der Waals surface area (Å²) in [6, 6.07) is 7.40. The lowest BCUT2D eigenvalue weighted by molar-refractivity contribution is -0.122. The minimum absolute atomic E-state index is 0.00396. The average Bonchev–Trinajstić information content (AvgIpc) is 2.74. The number of hydrogen-bond donors (Lipinski definition) is 0. The van der Waals surface area contributed by atoms with Crippen molar-refractivity contribution >= 4 is 29.0 Å². The lowest BCUT2D eigenvalue weighted by Crippen LogP contribution is -2.28. The first-order chi connectivity index (χ1) is 10.5. The number of thioether (sulfide) groups is 1. The molecule has 114 valence electrons. The zero-order valence-electron chi connectivity index (χ0n) is 12.5. The monoisotopic (exact) mass is 315 g/mol. The van der Waals surface area contributed by atoms with Crippen LogP contribution < -0.4 is 4.74 Å². The van der Waals surface area contributed by atoms with Crippen LogP contribution in [0, 0.1) is 18.3 Å². The highest BCUT2D eigenvalue weighted by Crippen LogP contribution is 2.32. The van der Waals surface area contributed by atoms with Crippen LogP contribution in [0.2, 0.25) is 0 Å². The van der Waals surface area contributed by atoms with Crippen molar-refractivity contribution in [2.24, 2.45) is 5.92 Å². The third-order valence-corrected chi connectivity index (χ3v) is 3.79. The molecule has 0 radical (unpaired) electrons. The number of ether oxygens (including phenoxy) is 1. The van der Waals surface area contributed by atoms with Crippen molar-refractivity contribution < 1.29 is 14.3 Å². The molecule has 0 unspecified atom stereocenters. The second kappa shape index (κ2) is 7.19. The molecule has 0 atom stereocenters. The van der Waals surface area contributed by atoms with Crippen LogP contribution in [0.25, 0.3) is 6.08 Å². The standard InChI is InChI=1S/C17H17NO3S/c1-4-9-18-16(19)15(22-17(18)20)10-13-5-7-14(8-6-13)21-11-12(2)3/h1,5-8,10,12H,9,11H2,2-3H3/b15-10-. The maximum atomic E-state index is 12.1. The predicted octanol–water partition coefficient (Wildman–Crippen LogP) is 3.39. The van der Waals surface area contributed by atoms with Gasteiger partial charge in [0.1, 0.15) is 5.75 Å². The van der Waals surface area contributed by atoms with Gasteiger partial charge in [0.2, 0.25) is 0 Å². The third kappa shape index (κ3) is 3.92. The Hall–Kier alpha value is -2.19. The Morgan fingerprint density at radius 2 is 2.00 bits per heavy atom. The first-order valence-electron chi connectivity index (χ1n) is 6.93. The number of terminal acetylenes is 1. The van der Waals surface area contributed by atoms with Gasteiger partial charge in [-0.1, -0.05) is 31.9 Å². The summed E-state index contributed by atoms with van der Waals surface area (Å²) in [6.07, 6.45) is 6.85. The molecule has 1 heterocycles. The molecule has 0 aromatic heterocycles. The molecule has 1 aliphatic heterocycles. The first-order valence-corrected chi connectivity index (χ1v) is 7.74. The molecule has 5 heteroatoms.